The van der Waals surface area contributed by atoms with Gasteiger partial charge in [0.15, 0.2) is 6.10 Å². The molecule has 0 radical (unpaired) electrons. The van der Waals surface area contributed by atoms with Crippen molar-refractivity contribution in [2.24, 2.45) is 0 Å². The topological polar surface area (TPSA) is 78.9 Å². The minimum Gasteiger partial charge on any atom is -0.462 e. The minimum atomic E-state index is -0.817. The van der Waals surface area contributed by atoms with Crippen LogP contribution in [0.25, 0.3) is 0 Å². The Bertz CT molecular complexity index is 1370. The van der Waals surface area contributed by atoms with Crippen LogP contribution in [0.3, 0.4) is 0 Å². The van der Waals surface area contributed by atoms with E-state index in [-0.39, 0.29) is 37.5 Å². The van der Waals surface area contributed by atoms with Gasteiger partial charge < -0.3 is 14.2 Å². The zero-order valence-corrected chi connectivity index (χ0v) is 42.7. The second-order valence-electron chi connectivity index (χ2n) is 17.6. The molecule has 1 atom stereocenters. The third-order valence-electron chi connectivity index (χ3n) is 11.2. The van der Waals surface area contributed by atoms with E-state index in [2.05, 4.69) is 75.5 Å². The molecule has 0 aliphatic carbocycles. The van der Waals surface area contributed by atoms with Gasteiger partial charge in [0.25, 0.3) is 0 Å². The zero-order chi connectivity index (χ0) is 47.9. The fourth-order valence-electron chi connectivity index (χ4n) is 7.19. The molecule has 0 aromatic carbocycles. The van der Waals surface area contributed by atoms with Gasteiger partial charge in [0.2, 0.25) is 0 Å². The maximum atomic E-state index is 12.8. The largest absolute Gasteiger partial charge is 0.462 e. The highest BCUT2D eigenvalue weighted by Gasteiger charge is 2.19. The minimum absolute atomic E-state index is 0.113. The predicted octanol–water partition coefficient (Wildman–Crippen LogP) is 17.9. The molecule has 0 aliphatic heterocycles. The molecular formula is C60H98O6. The first-order valence-electron chi connectivity index (χ1n) is 27.0. The van der Waals surface area contributed by atoms with Gasteiger partial charge in [-0.05, 0) is 57.8 Å². The molecule has 0 N–H and O–H groups in total. The molecule has 0 aromatic rings. The number of ether oxygens (including phenoxy) is 3. The van der Waals surface area contributed by atoms with Crippen molar-refractivity contribution in [3.63, 3.8) is 0 Å². The molecule has 66 heavy (non-hydrogen) atoms. The number of unbranched alkanes of at least 4 members (excludes halogenated alkanes) is 25. The second kappa shape index (κ2) is 53.7. The number of rotatable bonds is 47. The molecule has 0 aliphatic rings. The first kappa shape index (κ1) is 62.1. The fourth-order valence-corrected chi connectivity index (χ4v) is 7.19. The Labute approximate surface area is 406 Å². The molecule has 0 amide bonds. The first-order chi connectivity index (χ1) is 32.5. The smallest absolute Gasteiger partial charge is 0.306 e. The molecular weight excluding hydrogens is 817 g/mol. The number of hydrogen-bond acceptors (Lipinski definition) is 6. The Hall–Kier alpha value is -3.93. The first-order valence-corrected chi connectivity index (χ1v) is 27.0. The van der Waals surface area contributed by atoms with Gasteiger partial charge >= 0.3 is 17.9 Å². The highest BCUT2D eigenvalue weighted by molar-refractivity contribution is 5.71. The molecule has 0 saturated carbocycles. The van der Waals surface area contributed by atoms with Crippen molar-refractivity contribution < 1.29 is 28.6 Å². The Morgan fingerprint density at radius 3 is 1.02 bits per heavy atom. The van der Waals surface area contributed by atoms with Gasteiger partial charge in [0, 0.05) is 19.3 Å². The SMILES string of the molecule is CC\C=C/C=C\C=C/C=C\C=C/CCCC(=O)OCC(COC(=O)CCCCCCC\C=C/C=C\C=C/C=C\CCCCC)OC(=O)CCCCCCCCCCCCCCCCCCC. The molecule has 6 heteroatoms. The standard InChI is InChI=1S/C60H98O6/c1-4-7-10-13-16-19-22-25-27-29-31-32-35-38-41-44-47-50-53-59(62)65-56-57(55-64-58(61)52-49-46-43-40-37-34-24-21-18-15-12-9-6-3)66-60(63)54-51-48-45-42-39-36-33-30-28-26-23-20-17-14-11-8-5-2/h9,12,15-16,18-19,21-22,24-25,27,29,31-32,34,37,40,43,57H,4-8,10-11,13-14,17,20,23,26,28,30,33,35-36,38-39,41-42,44-56H2,1-3H3/b12-9-,18-15-,19-16-,24-21-,25-22-,29-27-,32-31-,37-34-,43-40-. The van der Waals surface area contributed by atoms with Crippen LogP contribution in [0, 0.1) is 0 Å². The zero-order valence-electron chi connectivity index (χ0n) is 42.7. The summed E-state index contributed by atoms with van der Waals surface area (Å²) in [7, 11) is 0. The van der Waals surface area contributed by atoms with Crippen molar-refractivity contribution in [2.45, 2.75) is 239 Å². The summed E-state index contributed by atoms with van der Waals surface area (Å²) in [5, 5.41) is 0. The summed E-state index contributed by atoms with van der Waals surface area (Å²) >= 11 is 0. The second-order valence-corrected chi connectivity index (χ2v) is 17.6. The average molecular weight is 915 g/mol. The van der Waals surface area contributed by atoms with E-state index in [1.165, 1.54) is 109 Å². The average Bonchev–Trinajstić information content (AvgIpc) is 3.31. The van der Waals surface area contributed by atoms with Gasteiger partial charge in [-0.1, -0.05) is 265 Å². The van der Waals surface area contributed by atoms with Crippen LogP contribution in [0.15, 0.2) is 109 Å². The Balaban J connectivity index is 4.51. The summed E-state index contributed by atoms with van der Waals surface area (Å²) in [6.45, 7) is 6.37. The normalized spacial score (nSPS) is 13.0. The maximum Gasteiger partial charge on any atom is 0.306 e. The van der Waals surface area contributed by atoms with Crippen LogP contribution < -0.4 is 0 Å². The van der Waals surface area contributed by atoms with Gasteiger partial charge in [-0.15, -0.1) is 0 Å². The van der Waals surface area contributed by atoms with Crippen molar-refractivity contribution in [2.75, 3.05) is 13.2 Å². The lowest BCUT2D eigenvalue weighted by molar-refractivity contribution is -0.167. The van der Waals surface area contributed by atoms with Gasteiger partial charge in [-0.3, -0.25) is 14.4 Å². The molecule has 0 aromatic heterocycles. The molecule has 0 rings (SSSR count). The van der Waals surface area contributed by atoms with Crippen molar-refractivity contribution >= 4 is 17.9 Å². The Morgan fingerprint density at radius 1 is 0.318 bits per heavy atom. The molecule has 0 bridgehead atoms. The highest BCUT2D eigenvalue weighted by atomic mass is 16.6. The van der Waals surface area contributed by atoms with Crippen LogP contribution in [-0.2, 0) is 28.6 Å². The highest BCUT2D eigenvalue weighted by Crippen LogP contribution is 2.15. The van der Waals surface area contributed by atoms with Crippen LogP contribution in [0.4, 0.5) is 0 Å². The summed E-state index contributed by atoms with van der Waals surface area (Å²) in [6, 6.07) is 0. The monoisotopic (exact) mass is 915 g/mol. The van der Waals surface area contributed by atoms with E-state index in [0.717, 1.165) is 77.0 Å². The van der Waals surface area contributed by atoms with Gasteiger partial charge in [-0.25, -0.2) is 0 Å². The van der Waals surface area contributed by atoms with E-state index in [0.29, 0.717) is 19.3 Å². The van der Waals surface area contributed by atoms with Crippen molar-refractivity contribution in [3.8, 4) is 0 Å². The lowest BCUT2D eigenvalue weighted by Crippen LogP contribution is -2.30. The van der Waals surface area contributed by atoms with Gasteiger partial charge in [-0.2, -0.15) is 0 Å². The summed E-state index contributed by atoms with van der Waals surface area (Å²) in [4.78, 5) is 38.0. The van der Waals surface area contributed by atoms with E-state index in [1.54, 1.807) is 0 Å². The molecule has 1 unspecified atom stereocenters. The lowest BCUT2D eigenvalue weighted by Gasteiger charge is -2.18. The number of esters is 3. The molecule has 374 valence electrons. The number of allylic oxidation sites excluding steroid dienone is 18. The van der Waals surface area contributed by atoms with Crippen LogP contribution in [0.1, 0.15) is 233 Å². The summed E-state index contributed by atoms with van der Waals surface area (Å²) in [5.74, 6) is -1.01. The summed E-state index contributed by atoms with van der Waals surface area (Å²) < 4.78 is 16.7. The quantitative estimate of drug-likeness (QED) is 0.0262. The van der Waals surface area contributed by atoms with E-state index in [1.807, 2.05) is 54.7 Å². The third kappa shape index (κ3) is 51.1. The molecule has 0 spiro atoms. The van der Waals surface area contributed by atoms with Crippen LogP contribution in [-0.4, -0.2) is 37.2 Å². The molecule has 0 fully saturated rings. The van der Waals surface area contributed by atoms with E-state index in [9.17, 15) is 14.4 Å². The van der Waals surface area contributed by atoms with Crippen LogP contribution >= 0.6 is 0 Å². The van der Waals surface area contributed by atoms with E-state index < -0.39 is 6.10 Å². The Kier molecular flexibility index (Phi) is 50.5. The van der Waals surface area contributed by atoms with Crippen molar-refractivity contribution in [3.05, 3.63) is 109 Å². The van der Waals surface area contributed by atoms with Gasteiger partial charge in [0.1, 0.15) is 13.2 Å². The molecule has 6 nitrogen and oxygen atoms in total. The predicted molar refractivity (Wildman–Crippen MR) is 283 cm³/mol. The van der Waals surface area contributed by atoms with Gasteiger partial charge in [0.05, 0.1) is 0 Å². The van der Waals surface area contributed by atoms with E-state index in [4.69, 9.17) is 14.2 Å². The van der Waals surface area contributed by atoms with Crippen LogP contribution in [0.5, 0.6) is 0 Å². The van der Waals surface area contributed by atoms with Crippen molar-refractivity contribution in [1.82, 2.24) is 0 Å². The summed E-state index contributed by atoms with van der Waals surface area (Å²) in [5.41, 5.74) is 0. The maximum absolute atomic E-state index is 12.8. The number of carbonyl (C=O) groups is 3. The fraction of sp³-hybridized carbons (Fsp3) is 0.650. The Morgan fingerprint density at radius 2 is 0.606 bits per heavy atom. The number of carbonyl (C=O) groups excluding carboxylic acids is 3. The molecule has 0 saturated heterocycles. The van der Waals surface area contributed by atoms with E-state index >= 15 is 0 Å². The molecule has 0 heterocycles. The lowest BCUT2D eigenvalue weighted by atomic mass is 10.0. The summed E-state index contributed by atoms with van der Waals surface area (Å²) in [6.07, 6.45) is 72.2. The third-order valence-corrected chi connectivity index (χ3v) is 11.2. The van der Waals surface area contributed by atoms with Crippen molar-refractivity contribution in [1.29, 1.82) is 0 Å². The number of hydrogen-bond donors (Lipinski definition) is 0. The van der Waals surface area contributed by atoms with Crippen LogP contribution in [0.2, 0.25) is 0 Å².